The molecule has 4 rings (SSSR count). The van der Waals surface area contributed by atoms with Crippen molar-refractivity contribution in [2.75, 3.05) is 36.0 Å². The zero-order chi connectivity index (χ0) is 26.6. The Hall–Kier alpha value is -3.58. The molecule has 2 aromatic heterocycles. The summed E-state index contributed by atoms with van der Waals surface area (Å²) in [5, 5.41) is 2.69. The van der Waals surface area contributed by atoms with E-state index in [0.717, 1.165) is 40.5 Å². The van der Waals surface area contributed by atoms with Crippen molar-refractivity contribution >= 4 is 43.8 Å². The molecule has 0 aliphatic rings. The number of nitrogen functional groups attached to an aromatic ring is 2. The Bertz CT molecular complexity index is 1470. The normalized spacial score (nSPS) is 11.5. The van der Waals surface area contributed by atoms with Crippen LogP contribution in [-0.4, -0.2) is 43.0 Å². The highest BCUT2D eigenvalue weighted by Crippen LogP contribution is 2.36. The van der Waals surface area contributed by atoms with Crippen LogP contribution in [0, 0.1) is 6.92 Å². The average molecular weight is 539 g/mol. The molecule has 0 aliphatic heterocycles. The molecule has 7 N–H and O–H groups in total. The van der Waals surface area contributed by atoms with E-state index in [4.69, 9.17) is 22.2 Å². The molecule has 37 heavy (non-hydrogen) atoms. The summed E-state index contributed by atoms with van der Waals surface area (Å²) >= 11 is 1.49. The second-order valence-corrected chi connectivity index (χ2v) is 11.0. The summed E-state index contributed by atoms with van der Waals surface area (Å²) < 4.78 is 27.3. The van der Waals surface area contributed by atoms with Gasteiger partial charge in [-0.05, 0) is 48.2 Å². The predicted octanol–water partition coefficient (Wildman–Crippen LogP) is 3.53. The fraction of sp³-hybridized carbons (Fsp3) is 0.240. The molecular formula is C25H30N8O2S2. The van der Waals surface area contributed by atoms with E-state index < -0.39 is 10.0 Å². The molecule has 2 aromatic carbocycles. The highest BCUT2D eigenvalue weighted by Gasteiger charge is 2.18. The van der Waals surface area contributed by atoms with Crippen molar-refractivity contribution in [3.05, 3.63) is 59.5 Å². The fourth-order valence-electron chi connectivity index (χ4n) is 3.82. The Morgan fingerprint density at radius 3 is 2.30 bits per heavy atom. The number of benzene rings is 2. The van der Waals surface area contributed by atoms with Gasteiger partial charge in [0.25, 0.3) is 0 Å². The van der Waals surface area contributed by atoms with Crippen molar-refractivity contribution in [2.24, 2.45) is 5.73 Å². The quantitative estimate of drug-likeness (QED) is 0.236. The highest BCUT2D eigenvalue weighted by molar-refractivity contribution is 7.89. The number of rotatable bonds is 10. The zero-order valence-corrected chi connectivity index (χ0v) is 22.3. The number of aryl methyl sites for hydroxylation is 1. The summed E-state index contributed by atoms with van der Waals surface area (Å²) in [6.07, 6.45) is 0.905. The third kappa shape index (κ3) is 6.05. The van der Waals surface area contributed by atoms with Gasteiger partial charge in [0.15, 0.2) is 11.0 Å². The number of hydrogen-bond acceptors (Lipinski definition) is 10. The third-order valence-electron chi connectivity index (χ3n) is 5.60. The number of nitrogens with one attached hydrogen (secondary N) is 1. The average Bonchev–Trinajstić information content (AvgIpc) is 3.36. The predicted molar refractivity (Wildman–Crippen MR) is 150 cm³/mol. The van der Waals surface area contributed by atoms with E-state index in [0.29, 0.717) is 23.2 Å². The zero-order valence-electron chi connectivity index (χ0n) is 20.7. The maximum Gasteiger partial charge on any atom is 0.240 e. The minimum atomic E-state index is -3.59. The van der Waals surface area contributed by atoms with E-state index in [9.17, 15) is 8.42 Å². The third-order valence-corrected chi connectivity index (χ3v) is 7.94. The van der Waals surface area contributed by atoms with Gasteiger partial charge in [-0.2, -0.15) is 0 Å². The van der Waals surface area contributed by atoms with Gasteiger partial charge in [-0.15, -0.1) is 11.3 Å². The van der Waals surface area contributed by atoms with Crippen molar-refractivity contribution in [1.29, 1.82) is 0 Å². The number of anilines is 4. The van der Waals surface area contributed by atoms with Crippen LogP contribution in [0.25, 0.3) is 22.6 Å². The van der Waals surface area contributed by atoms with Gasteiger partial charge in [-0.3, -0.25) is 0 Å². The van der Waals surface area contributed by atoms with Crippen molar-refractivity contribution in [1.82, 2.24) is 19.7 Å². The molecule has 194 valence electrons. The lowest BCUT2D eigenvalue weighted by molar-refractivity contribution is 0.582. The first kappa shape index (κ1) is 26.5. The Labute approximate surface area is 220 Å². The summed E-state index contributed by atoms with van der Waals surface area (Å²) in [7, 11) is -3.59. The monoisotopic (exact) mass is 538 g/mol. The molecule has 0 bridgehead atoms. The van der Waals surface area contributed by atoms with E-state index in [2.05, 4.69) is 45.6 Å². The molecule has 0 radical (unpaired) electrons. The van der Waals surface area contributed by atoms with Crippen molar-refractivity contribution in [2.45, 2.75) is 25.2 Å². The largest absolute Gasteiger partial charge is 0.384 e. The van der Waals surface area contributed by atoms with Crippen LogP contribution in [0.5, 0.6) is 0 Å². The van der Waals surface area contributed by atoms with Crippen LogP contribution in [0.3, 0.4) is 0 Å². The summed E-state index contributed by atoms with van der Waals surface area (Å²) in [6, 6.07) is 14.5. The highest BCUT2D eigenvalue weighted by atomic mass is 32.2. The molecule has 0 spiro atoms. The Morgan fingerprint density at radius 2 is 1.65 bits per heavy atom. The van der Waals surface area contributed by atoms with Gasteiger partial charge in [-0.1, -0.05) is 31.2 Å². The topological polar surface area (TPSA) is 166 Å². The standard InChI is InChI=1S/C25H30N8O2S2/c1-3-12-33(25-30-20(15-36-25)24-31-22(27)14-23(28)32-24)21-13-18(5-4-16(21)2)17-6-8-19(9-7-17)37(34,35)29-11-10-26/h4-9,13-15,29H,3,10-12,26H2,1-2H3,(H4,27,28,31,32). The molecule has 0 fully saturated rings. The summed E-state index contributed by atoms with van der Waals surface area (Å²) in [5.41, 5.74) is 21.7. The van der Waals surface area contributed by atoms with Gasteiger partial charge in [0.1, 0.15) is 17.3 Å². The first-order valence-electron chi connectivity index (χ1n) is 11.8. The van der Waals surface area contributed by atoms with Crippen LogP contribution in [-0.2, 0) is 10.0 Å². The van der Waals surface area contributed by atoms with Crippen LogP contribution in [0.15, 0.2) is 58.8 Å². The molecule has 4 aromatic rings. The maximum absolute atomic E-state index is 12.4. The van der Waals surface area contributed by atoms with E-state index >= 15 is 0 Å². The first-order valence-corrected chi connectivity index (χ1v) is 14.1. The van der Waals surface area contributed by atoms with Crippen LogP contribution >= 0.6 is 11.3 Å². The van der Waals surface area contributed by atoms with Gasteiger partial charge in [0.05, 0.1) is 4.90 Å². The van der Waals surface area contributed by atoms with Gasteiger partial charge >= 0.3 is 0 Å². The van der Waals surface area contributed by atoms with E-state index in [1.54, 1.807) is 24.3 Å². The van der Waals surface area contributed by atoms with Crippen LogP contribution in [0.4, 0.5) is 22.5 Å². The molecule has 10 nitrogen and oxygen atoms in total. The second-order valence-electron chi connectivity index (χ2n) is 8.42. The molecule has 12 heteroatoms. The molecular weight excluding hydrogens is 508 g/mol. The number of hydrogen-bond donors (Lipinski definition) is 4. The lowest BCUT2D eigenvalue weighted by Crippen LogP contribution is -2.29. The van der Waals surface area contributed by atoms with Gasteiger partial charge in [-0.25, -0.2) is 28.1 Å². The summed E-state index contributed by atoms with van der Waals surface area (Å²) in [6.45, 7) is 5.34. The molecule has 0 saturated heterocycles. The number of nitrogens with zero attached hydrogens (tertiary/aromatic N) is 4. The van der Waals surface area contributed by atoms with E-state index in [1.165, 1.54) is 17.4 Å². The molecule has 0 amide bonds. The van der Waals surface area contributed by atoms with Gasteiger partial charge < -0.3 is 22.1 Å². The Kier molecular flexibility index (Phi) is 8.03. The minimum absolute atomic E-state index is 0.189. The number of nitrogens with two attached hydrogens (primary N) is 3. The maximum atomic E-state index is 12.4. The fourth-order valence-corrected chi connectivity index (χ4v) is 5.71. The van der Waals surface area contributed by atoms with Crippen LogP contribution in [0.1, 0.15) is 18.9 Å². The van der Waals surface area contributed by atoms with Crippen LogP contribution < -0.4 is 26.8 Å². The lowest BCUT2D eigenvalue weighted by atomic mass is 10.0. The van der Waals surface area contributed by atoms with Crippen molar-refractivity contribution < 1.29 is 8.42 Å². The molecule has 0 saturated carbocycles. The molecule has 0 atom stereocenters. The molecule has 0 unspecified atom stereocenters. The second kappa shape index (κ2) is 11.2. The SMILES string of the molecule is CCCN(c1nc(-c2nc(N)cc(N)n2)cs1)c1cc(-c2ccc(S(=O)(=O)NCCN)cc2)ccc1C. The van der Waals surface area contributed by atoms with Crippen molar-refractivity contribution in [3.8, 4) is 22.6 Å². The first-order chi connectivity index (χ1) is 17.7. The number of sulfonamides is 1. The molecule has 2 heterocycles. The summed E-state index contributed by atoms with van der Waals surface area (Å²) in [5.74, 6) is 0.970. The smallest absolute Gasteiger partial charge is 0.240 e. The molecule has 0 aliphatic carbocycles. The Balaban J connectivity index is 1.67. The van der Waals surface area contributed by atoms with Crippen molar-refractivity contribution in [3.63, 3.8) is 0 Å². The van der Waals surface area contributed by atoms with Gasteiger partial charge in [0, 0.05) is 36.8 Å². The van der Waals surface area contributed by atoms with E-state index in [1.807, 2.05) is 11.4 Å². The number of aromatic nitrogens is 3. The Morgan fingerprint density at radius 1 is 0.973 bits per heavy atom. The van der Waals surface area contributed by atoms with Gasteiger partial charge in [0.2, 0.25) is 10.0 Å². The van der Waals surface area contributed by atoms with Crippen LogP contribution in [0.2, 0.25) is 0 Å². The summed E-state index contributed by atoms with van der Waals surface area (Å²) in [4.78, 5) is 15.7. The number of thiazole rings is 1. The van der Waals surface area contributed by atoms with E-state index in [-0.39, 0.29) is 18.0 Å². The minimum Gasteiger partial charge on any atom is -0.384 e. The lowest BCUT2D eigenvalue weighted by Gasteiger charge is -2.24.